The van der Waals surface area contributed by atoms with Crippen molar-refractivity contribution >= 4 is 27.5 Å². The molecule has 1 aliphatic carbocycles. The number of hydrogen-bond donors (Lipinski definition) is 0. The Morgan fingerprint density at radius 2 is 1.85 bits per heavy atom. The third-order valence-electron chi connectivity index (χ3n) is 5.42. The molecule has 0 spiro atoms. The molecular weight excluding hydrogens is 354 g/mol. The van der Waals surface area contributed by atoms with Gasteiger partial charge in [-0.3, -0.25) is 14.2 Å². The zero-order chi connectivity index (χ0) is 18.3. The Labute approximate surface area is 154 Å². The van der Waals surface area contributed by atoms with Gasteiger partial charge in [-0.05, 0) is 50.8 Å². The van der Waals surface area contributed by atoms with Gasteiger partial charge >= 0.3 is 11.7 Å². The molecule has 3 heterocycles. The van der Waals surface area contributed by atoms with Crippen LogP contribution in [-0.2, 0) is 35.5 Å². The Bertz CT molecular complexity index is 965. The number of methoxy groups -OCH3 is 1. The van der Waals surface area contributed by atoms with E-state index < -0.39 is 11.7 Å². The number of hydrogen-bond acceptors (Lipinski definition) is 6. The number of rotatable bonds is 5. The maximum atomic E-state index is 13.0. The molecule has 2 aromatic rings. The molecule has 2 aliphatic rings. The van der Waals surface area contributed by atoms with Crippen LogP contribution in [0.3, 0.4) is 0 Å². The van der Waals surface area contributed by atoms with E-state index in [1.165, 1.54) is 24.8 Å². The van der Waals surface area contributed by atoms with Crippen LogP contribution in [0, 0.1) is 0 Å². The van der Waals surface area contributed by atoms with Crippen LogP contribution in [-0.4, -0.2) is 46.7 Å². The van der Waals surface area contributed by atoms with Gasteiger partial charge in [0.25, 0.3) is 5.56 Å². The predicted molar refractivity (Wildman–Crippen MR) is 100 cm³/mol. The monoisotopic (exact) mass is 377 g/mol. The van der Waals surface area contributed by atoms with E-state index in [0.29, 0.717) is 11.9 Å². The molecule has 7 nitrogen and oxygen atoms in total. The average Bonchev–Trinajstić information content (AvgIpc) is 3.35. The molecule has 1 aliphatic heterocycles. The van der Waals surface area contributed by atoms with E-state index in [1.807, 2.05) is 0 Å². The van der Waals surface area contributed by atoms with Crippen molar-refractivity contribution in [3.63, 3.8) is 0 Å². The first-order chi connectivity index (χ1) is 12.6. The normalized spacial score (nSPS) is 17.1. The molecule has 0 aromatic carbocycles. The number of ether oxygens (including phenoxy) is 1. The van der Waals surface area contributed by atoms with Crippen molar-refractivity contribution in [3.05, 3.63) is 31.3 Å². The maximum absolute atomic E-state index is 13.0. The van der Waals surface area contributed by atoms with E-state index in [4.69, 9.17) is 0 Å². The summed E-state index contributed by atoms with van der Waals surface area (Å²) in [6.07, 6.45) is 5.26. The van der Waals surface area contributed by atoms with Crippen molar-refractivity contribution in [2.75, 3.05) is 26.7 Å². The van der Waals surface area contributed by atoms with Crippen LogP contribution >= 0.6 is 11.3 Å². The smallest absolute Gasteiger partial charge is 0.332 e. The van der Waals surface area contributed by atoms with Gasteiger partial charge in [0.1, 0.15) is 11.4 Å². The summed E-state index contributed by atoms with van der Waals surface area (Å²) >= 11 is 1.57. The summed E-state index contributed by atoms with van der Waals surface area (Å²) in [7, 11) is 1.26. The number of nitrogens with zero attached hydrogens (tertiary/aromatic N) is 3. The molecule has 140 valence electrons. The molecule has 0 unspecified atom stereocenters. The van der Waals surface area contributed by atoms with Crippen LogP contribution in [0.1, 0.15) is 29.7 Å². The molecule has 8 heteroatoms. The summed E-state index contributed by atoms with van der Waals surface area (Å²) in [6.45, 7) is 3.10. The molecule has 0 atom stereocenters. The first kappa shape index (κ1) is 17.5. The molecular formula is C18H23N3O4S. The Balaban J connectivity index is 1.83. The lowest BCUT2D eigenvalue weighted by Crippen LogP contribution is -2.43. The molecule has 0 saturated carbocycles. The van der Waals surface area contributed by atoms with Crippen molar-refractivity contribution in [3.8, 4) is 0 Å². The largest absolute Gasteiger partial charge is 0.468 e. The summed E-state index contributed by atoms with van der Waals surface area (Å²) in [5.74, 6) is -0.582. The Morgan fingerprint density at radius 3 is 2.58 bits per heavy atom. The van der Waals surface area contributed by atoms with Crippen molar-refractivity contribution in [1.29, 1.82) is 0 Å². The summed E-state index contributed by atoms with van der Waals surface area (Å²) < 4.78 is 7.42. The maximum Gasteiger partial charge on any atom is 0.332 e. The quantitative estimate of drug-likeness (QED) is 0.727. The van der Waals surface area contributed by atoms with Gasteiger partial charge in [-0.2, -0.15) is 0 Å². The number of carbonyl (C=O) groups is 1. The lowest BCUT2D eigenvalue weighted by Gasteiger charge is -2.17. The minimum atomic E-state index is -0.582. The fraction of sp³-hybridized carbons (Fsp3) is 0.611. The van der Waals surface area contributed by atoms with Crippen LogP contribution in [0.15, 0.2) is 9.59 Å². The molecule has 1 saturated heterocycles. The van der Waals surface area contributed by atoms with Crippen molar-refractivity contribution in [2.45, 2.75) is 45.2 Å². The second-order valence-corrected chi connectivity index (χ2v) is 8.07. The number of carbonyl (C=O) groups excluding carboxylic acids is 1. The first-order valence-corrected chi connectivity index (χ1v) is 9.99. The number of esters is 1. The van der Waals surface area contributed by atoms with Crippen LogP contribution in [0.5, 0.6) is 0 Å². The first-order valence-electron chi connectivity index (χ1n) is 9.17. The van der Waals surface area contributed by atoms with Crippen LogP contribution < -0.4 is 11.2 Å². The minimum absolute atomic E-state index is 0.335. The van der Waals surface area contributed by atoms with Gasteiger partial charge in [-0.1, -0.05) is 0 Å². The molecule has 2 aromatic heterocycles. The Kier molecular flexibility index (Phi) is 4.71. The molecule has 0 N–H and O–H groups in total. The van der Waals surface area contributed by atoms with Gasteiger partial charge < -0.3 is 9.64 Å². The van der Waals surface area contributed by atoms with Crippen molar-refractivity contribution in [2.24, 2.45) is 0 Å². The minimum Gasteiger partial charge on any atom is -0.468 e. The fourth-order valence-corrected chi connectivity index (χ4v) is 5.43. The van der Waals surface area contributed by atoms with Gasteiger partial charge in [-0.25, -0.2) is 9.36 Å². The van der Waals surface area contributed by atoms with Gasteiger partial charge in [0, 0.05) is 18.0 Å². The Morgan fingerprint density at radius 1 is 1.08 bits per heavy atom. The highest BCUT2D eigenvalue weighted by Gasteiger charge is 2.25. The molecule has 0 amide bonds. The van der Waals surface area contributed by atoms with E-state index in [0.717, 1.165) is 53.9 Å². The predicted octanol–water partition coefficient (Wildman–Crippen LogP) is 0.982. The highest BCUT2D eigenvalue weighted by molar-refractivity contribution is 7.18. The van der Waals surface area contributed by atoms with Gasteiger partial charge in [0.15, 0.2) is 0 Å². The fourth-order valence-electron chi connectivity index (χ4n) is 4.03. The SMILES string of the molecule is COC(=O)Cn1c(=O)c2c3c(sc2n(CCN2CCCC2)c1=O)CCC3. The van der Waals surface area contributed by atoms with E-state index >= 15 is 0 Å². The highest BCUT2D eigenvalue weighted by Crippen LogP contribution is 2.35. The summed E-state index contributed by atoms with van der Waals surface area (Å²) in [5.41, 5.74) is 0.308. The zero-order valence-electron chi connectivity index (χ0n) is 15.0. The number of aromatic nitrogens is 2. The molecule has 1 fully saturated rings. The topological polar surface area (TPSA) is 73.5 Å². The van der Waals surface area contributed by atoms with E-state index in [2.05, 4.69) is 9.64 Å². The van der Waals surface area contributed by atoms with E-state index in [9.17, 15) is 14.4 Å². The van der Waals surface area contributed by atoms with Gasteiger partial charge in [-0.15, -0.1) is 11.3 Å². The number of aryl methyl sites for hydroxylation is 2. The average molecular weight is 377 g/mol. The molecule has 26 heavy (non-hydrogen) atoms. The van der Waals surface area contributed by atoms with Crippen molar-refractivity contribution in [1.82, 2.24) is 14.0 Å². The van der Waals surface area contributed by atoms with E-state index in [-0.39, 0.29) is 12.1 Å². The van der Waals surface area contributed by atoms with Crippen LogP contribution in [0.2, 0.25) is 0 Å². The highest BCUT2D eigenvalue weighted by atomic mass is 32.1. The second-order valence-electron chi connectivity index (χ2n) is 6.99. The Hall–Kier alpha value is -1.93. The standard InChI is InChI=1S/C18H23N3O4S/c1-25-14(22)11-21-16(23)15-12-5-4-6-13(12)26-17(15)20(18(21)24)10-9-19-7-2-3-8-19/h2-11H2,1H3. The summed E-state index contributed by atoms with van der Waals surface area (Å²) in [4.78, 5) is 42.0. The van der Waals surface area contributed by atoms with E-state index in [1.54, 1.807) is 15.9 Å². The lowest BCUT2D eigenvalue weighted by molar-refractivity contribution is -0.141. The second kappa shape index (κ2) is 7.00. The summed E-state index contributed by atoms with van der Waals surface area (Å²) in [6, 6.07) is 0. The number of likely N-dealkylation sites (tertiary alicyclic amines) is 1. The lowest BCUT2D eigenvalue weighted by atomic mass is 10.2. The molecule has 0 radical (unpaired) electrons. The van der Waals surface area contributed by atoms with Crippen LogP contribution in [0.25, 0.3) is 10.2 Å². The zero-order valence-corrected chi connectivity index (χ0v) is 15.8. The number of thiophene rings is 1. The molecule has 4 rings (SSSR count). The third kappa shape index (κ3) is 2.91. The summed E-state index contributed by atoms with van der Waals surface area (Å²) in [5, 5.41) is 0.632. The molecule has 0 bridgehead atoms. The van der Waals surface area contributed by atoms with Gasteiger partial charge in [0.2, 0.25) is 0 Å². The third-order valence-corrected chi connectivity index (χ3v) is 6.74. The van der Waals surface area contributed by atoms with Crippen LogP contribution in [0.4, 0.5) is 0 Å². The van der Waals surface area contributed by atoms with Crippen molar-refractivity contribution < 1.29 is 9.53 Å². The number of fused-ring (bicyclic) bond motifs is 3. The van der Waals surface area contributed by atoms with Gasteiger partial charge in [0.05, 0.1) is 12.5 Å².